The van der Waals surface area contributed by atoms with E-state index < -0.39 is 23.9 Å². The number of hydrogen-bond acceptors (Lipinski definition) is 4. The van der Waals surface area contributed by atoms with Crippen molar-refractivity contribution < 1.29 is 19.1 Å². The molecule has 0 unspecified atom stereocenters. The molecule has 30 heavy (non-hydrogen) atoms. The molecule has 2 rings (SSSR count). The third kappa shape index (κ3) is 6.58. The van der Waals surface area contributed by atoms with Crippen molar-refractivity contribution in [3.05, 3.63) is 71.4 Å². The summed E-state index contributed by atoms with van der Waals surface area (Å²) < 4.78 is 5.31. The van der Waals surface area contributed by atoms with Gasteiger partial charge >= 0.3 is 5.97 Å². The van der Waals surface area contributed by atoms with Gasteiger partial charge in [0.25, 0.3) is 5.91 Å². The lowest BCUT2D eigenvalue weighted by Gasteiger charge is -2.18. The summed E-state index contributed by atoms with van der Waals surface area (Å²) in [6, 6.07) is 16.6. The van der Waals surface area contributed by atoms with Crippen LogP contribution in [-0.2, 0) is 19.1 Å². The first kappa shape index (κ1) is 22.9. The second-order valence-corrected chi connectivity index (χ2v) is 7.08. The summed E-state index contributed by atoms with van der Waals surface area (Å²) in [5.74, 6) is -1.36. The third-order valence-corrected chi connectivity index (χ3v) is 4.66. The molecule has 2 N–H and O–H groups in total. The van der Waals surface area contributed by atoms with Crippen LogP contribution in [0.15, 0.2) is 60.3 Å². The molecule has 0 spiro atoms. The van der Waals surface area contributed by atoms with E-state index in [1.165, 1.54) is 19.9 Å². The number of amides is 2. The van der Waals surface area contributed by atoms with E-state index in [0.29, 0.717) is 5.69 Å². The number of para-hydroxylation sites is 1. The number of carbonyl (C=O) groups is 3. The molecule has 2 aromatic carbocycles. The first-order valence-electron chi connectivity index (χ1n) is 9.96. The second kappa shape index (κ2) is 11.0. The minimum absolute atomic E-state index is 0.0339. The summed E-state index contributed by atoms with van der Waals surface area (Å²) in [5, 5.41) is 5.31. The Balaban J connectivity index is 2.12. The summed E-state index contributed by atoms with van der Waals surface area (Å²) in [4.78, 5) is 36.7. The van der Waals surface area contributed by atoms with Crippen LogP contribution in [-0.4, -0.2) is 23.9 Å². The molecule has 0 bridgehead atoms. The fourth-order valence-corrected chi connectivity index (χ4v) is 2.82. The van der Waals surface area contributed by atoms with Crippen molar-refractivity contribution >= 4 is 29.5 Å². The van der Waals surface area contributed by atoms with Crippen LogP contribution in [0.4, 0.5) is 5.69 Å². The van der Waals surface area contributed by atoms with Crippen LogP contribution in [0.2, 0.25) is 0 Å². The minimum atomic E-state index is -1.05. The number of anilines is 1. The zero-order valence-electron chi connectivity index (χ0n) is 17.8. The van der Waals surface area contributed by atoms with E-state index in [9.17, 15) is 14.4 Å². The van der Waals surface area contributed by atoms with Gasteiger partial charge < -0.3 is 15.4 Å². The van der Waals surface area contributed by atoms with E-state index in [0.717, 1.165) is 17.5 Å². The van der Waals surface area contributed by atoms with Gasteiger partial charge in [0.05, 0.1) is 0 Å². The van der Waals surface area contributed by atoms with Crippen molar-refractivity contribution in [3.8, 4) is 0 Å². The SMILES string of the molecule is CC[C@H](C)c1ccccc1NC(=O)[C@H](C)OC(=O)/C(=C/c1ccccc1)NC(C)=O. The number of nitrogens with one attached hydrogen (secondary N) is 2. The molecule has 158 valence electrons. The first-order valence-corrected chi connectivity index (χ1v) is 9.96. The van der Waals surface area contributed by atoms with E-state index >= 15 is 0 Å². The fourth-order valence-electron chi connectivity index (χ4n) is 2.82. The average Bonchev–Trinajstić information content (AvgIpc) is 2.73. The third-order valence-electron chi connectivity index (χ3n) is 4.66. The molecule has 0 saturated carbocycles. The van der Waals surface area contributed by atoms with E-state index in [2.05, 4.69) is 24.5 Å². The number of benzene rings is 2. The molecule has 0 aromatic heterocycles. The molecule has 0 aliphatic rings. The van der Waals surface area contributed by atoms with Crippen molar-refractivity contribution in [2.45, 2.75) is 46.1 Å². The van der Waals surface area contributed by atoms with E-state index in [-0.39, 0.29) is 11.6 Å². The van der Waals surface area contributed by atoms with Crippen LogP contribution in [0.5, 0.6) is 0 Å². The predicted molar refractivity (Wildman–Crippen MR) is 118 cm³/mol. The Morgan fingerprint density at radius 1 is 1.00 bits per heavy atom. The Morgan fingerprint density at radius 2 is 1.63 bits per heavy atom. The topological polar surface area (TPSA) is 84.5 Å². The Labute approximate surface area is 177 Å². The number of rotatable bonds is 8. The lowest BCUT2D eigenvalue weighted by Crippen LogP contribution is -2.34. The highest BCUT2D eigenvalue weighted by Crippen LogP contribution is 2.26. The quantitative estimate of drug-likeness (QED) is 0.505. The zero-order valence-corrected chi connectivity index (χ0v) is 17.8. The summed E-state index contributed by atoms with van der Waals surface area (Å²) in [6.07, 6.45) is 1.39. The van der Waals surface area contributed by atoms with Crippen molar-refractivity contribution in [1.29, 1.82) is 0 Å². The van der Waals surface area contributed by atoms with Crippen molar-refractivity contribution in [2.24, 2.45) is 0 Å². The molecular formula is C24H28N2O4. The normalized spacial score (nSPS) is 13.1. The zero-order chi connectivity index (χ0) is 22.1. The first-order chi connectivity index (χ1) is 14.3. The number of hydrogen-bond donors (Lipinski definition) is 2. The van der Waals surface area contributed by atoms with Gasteiger partial charge in [0.2, 0.25) is 5.91 Å². The van der Waals surface area contributed by atoms with Gasteiger partial charge in [-0.15, -0.1) is 0 Å². The number of esters is 1. The molecule has 0 aliphatic carbocycles. The lowest BCUT2D eigenvalue weighted by molar-refractivity contribution is -0.149. The molecule has 2 atom stereocenters. The van der Waals surface area contributed by atoms with E-state index in [4.69, 9.17) is 4.74 Å². The Morgan fingerprint density at radius 3 is 2.27 bits per heavy atom. The number of carbonyl (C=O) groups excluding carboxylic acids is 3. The molecule has 0 radical (unpaired) electrons. The molecule has 0 heterocycles. The van der Waals surface area contributed by atoms with Gasteiger partial charge in [-0.2, -0.15) is 0 Å². The highest BCUT2D eigenvalue weighted by Gasteiger charge is 2.22. The molecule has 2 amide bonds. The maximum absolute atomic E-state index is 12.6. The van der Waals surface area contributed by atoms with Gasteiger partial charge in [-0.25, -0.2) is 4.79 Å². The molecule has 6 heteroatoms. The molecule has 0 saturated heterocycles. The lowest BCUT2D eigenvalue weighted by atomic mass is 9.97. The standard InChI is InChI=1S/C24H28N2O4/c1-5-16(2)20-13-9-10-14-21(20)26-23(28)17(3)30-24(29)22(25-18(4)27)15-19-11-7-6-8-12-19/h6-17H,5H2,1-4H3,(H,25,27)(H,26,28)/b22-15-/t16-,17-/m0/s1. The Bertz CT molecular complexity index is 922. The van der Waals surface area contributed by atoms with Crippen molar-refractivity contribution in [1.82, 2.24) is 5.32 Å². The maximum atomic E-state index is 12.6. The fraction of sp³-hybridized carbons (Fsp3) is 0.292. The van der Waals surface area contributed by atoms with Crippen LogP contribution in [0.1, 0.15) is 51.2 Å². The molecule has 0 fully saturated rings. The van der Waals surface area contributed by atoms with Crippen LogP contribution < -0.4 is 10.6 Å². The average molecular weight is 408 g/mol. The van der Waals surface area contributed by atoms with E-state index in [1.807, 2.05) is 42.5 Å². The van der Waals surface area contributed by atoms with Crippen LogP contribution >= 0.6 is 0 Å². The van der Waals surface area contributed by atoms with E-state index in [1.54, 1.807) is 12.1 Å². The molecular weight excluding hydrogens is 380 g/mol. The summed E-state index contributed by atoms with van der Waals surface area (Å²) in [5.41, 5.74) is 2.41. The van der Waals surface area contributed by atoms with Crippen molar-refractivity contribution in [2.75, 3.05) is 5.32 Å². The van der Waals surface area contributed by atoms with Gasteiger partial charge in [0.15, 0.2) is 6.10 Å². The van der Waals surface area contributed by atoms with Crippen LogP contribution in [0.3, 0.4) is 0 Å². The minimum Gasteiger partial charge on any atom is -0.448 e. The predicted octanol–water partition coefficient (Wildman–Crippen LogP) is 4.25. The van der Waals surface area contributed by atoms with Gasteiger partial charge in [0, 0.05) is 12.6 Å². The Kier molecular flexibility index (Phi) is 8.35. The molecule has 0 aliphatic heterocycles. The maximum Gasteiger partial charge on any atom is 0.355 e. The van der Waals surface area contributed by atoms with Gasteiger partial charge in [0.1, 0.15) is 5.70 Å². The number of ether oxygens (including phenoxy) is 1. The van der Waals surface area contributed by atoms with Crippen LogP contribution in [0.25, 0.3) is 6.08 Å². The highest BCUT2D eigenvalue weighted by molar-refractivity contribution is 6.00. The molecule has 2 aromatic rings. The highest BCUT2D eigenvalue weighted by atomic mass is 16.5. The molecule has 6 nitrogen and oxygen atoms in total. The Hall–Kier alpha value is -3.41. The monoisotopic (exact) mass is 408 g/mol. The second-order valence-electron chi connectivity index (χ2n) is 7.08. The van der Waals surface area contributed by atoms with Gasteiger partial charge in [-0.05, 0) is 42.5 Å². The van der Waals surface area contributed by atoms with Gasteiger partial charge in [-0.3, -0.25) is 9.59 Å². The largest absolute Gasteiger partial charge is 0.448 e. The van der Waals surface area contributed by atoms with Crippen molar-refractivity contribution in [3.63, 3.8) is 0 Å². The van der Waals surface area contributed by atoms with Gasteiger partial charge in [-0.1, -0.05) is 62.4 Å². The van der Waals surface area contributed by atoms with Crippen LogP contribution in [0, 0.1) is 0 Å². The summed E-state index contributed by atoms with van der Waals surface area (Å²) >= 11 is 0. The summed E-state index contributed by atoms with van der Waals surface area (Å²) in [6.45, 7) is 6.96. The smallest absolute Gasteiger partial charge is 0.355 e. The summed E-state index contributed by atoms with van der Waals surface area (Å²) in [7, 11) is 0.